The van der Waals surface area contributed by atoms with Crippen LogP contribution in [0.15, 0.2) is 12.3 Å². The van der Waals surface area contributed by atoms with Gasteiger partial charge in [0.2, 0.25) is 5.95 Å². The molecule has 0 N–H and O–H groups in total. The Kier molecular flexibility index (Phi) is 4.29. The zero-order valence-electron chi connectivity index (χ0n) is 10.9. The Morgan fingerprint density at radius 1 is 1.63 bits per heavy atom. The van der Waals surface area contributed by atoms with E-state index in [4.69, 9.17) is 10.00 Å². The van der Waals surface area contributed by atoms with Crippen LogP contribution in [0.5, 0.6) is 0 Å². The zero-order valence-corrected chi connectivity index (χ0v) is 10.9. The number of carbonyl (C=O) groups is 1. The summed E-state index contributed by atoms with van der Waals surface area (Å²) in [7, 11) is 0. The lowest BCUT2D eigenvalue weighted by molar-refractivity contribution is -0.145. The normalized spacial score (nSPS) is 18.7. The van der Waals surface area contributed by atoms with E-state index in [0.717, 1.165) is 19.3 Å². The van der Waals surface area contributed by atoms with Gasteiger partial charge in [0.15, 0.2) is 0 Å². The van der Waals surface area contributed by atoms with Crippen LogP contribution in [0, 0.1) is 11.3 Å². The number of nitrogens with zero attached hydrogens (tertiary/aromatic N) is 4. The molecule has 0 saturated carbocycles. The van der Waals surface area contributed by atoms with Gasteiger partial charge in [0.25, 0.3) is 0 Å². The molecule has 6 nitrogen and oxygen atoms in total. The summed E-state index contributed by atoms with van der Waals surface area (Å²) in [5.41, 5.74) is 0.304. The molecule has 0 radical (unpaired) electrons. The number of anilines is 1. The van der Waals surface area contributed by atoms with Crippen LogP contribution in [-0.2, 0) is 9.53 Å². The highest BCUT2D eigenvalue weighted by atomic mass is 16.5. The average Bonchev–Trinajstić information content (AvgIpc) is 2.47. The number of ether oxygens (including phenoxy) is 1. The number of aromatic nitrogens is 2. The van der Waals surface area contributed by atoms with Crippen molar-refractivity contribution in [2.45, 2.75) is 32.2 Å². The summed E-state index contributed by atoms with van der Waals surface area (Å²) in [6.07, 6.45) is 4.24. The van der Waals surface area contributed by atoms with Crippen LogP contribution in [0.2, 0.25) is 0 Å². The third-order valence-electron chi connectivity index (χ3n) is 3.08. The van der Waals surface area contributed by atoms with Gasteiger partial charge in [-0.05, 0) is 32.3 Å². The lowest BCUT2D eigenvalue weighted by atomic mass is 10.0. The Balaban J connectivity index is 2.23. The van der Waals surface area contributed by atoms with Crippen LogP contribution >= 0.6 is 0 Å². The van der Waals surface area contributed by atoms with E-state index < -0.39 is 0 Å². The summed E-state index contributed by atoms with van der Waals surface area (Å²) in [6.45, 7) is 2.86. The van der Waals surface area contributed by atoms with Crippen molar-refractivity contribution in [2.75, 3.05) is 18.1 Å². The fraction of sp³-hybridized carbons (Fsp3) is 0.538. The molecule has 1 aromatic heterocycles. The number of hydrogen-bond donors (Lipinski definition) is 0. The van der Waals surface area contributed by atoms with Crippen molar-refractivity contribution < 1.29 is 9.53 Å². The highest BCUT2D eigenvalue weighted by Crippen LogP contribution is 2.22. The molecule has 0 bridgehead atoms. The minimum absolute atomic E-state index is 0.242. The van der Waals surface area contributed by atoms with Crippen LogP contribution in [0.3, 0.4) is 0 Å². The van der Waals surface area contributed by atoms with Gasteiger partial charge in [-0.2, -0.15) is 5.26 Å². The van der Waals surface area contributed by atoms with Gasteiger partial charge in [0, 0.05) is 12.7 Å². The highest BCUT2D eigenvalue weighted by Gasteiger charge is 2.31. The molecule has 100 valence electrons. The number of nitriles is 1. The third kappa shape index (κ3) is 2.99. The molecule has 2 heterocycles. The quantitative estimate of drug-likeness (QED) is 0.761. The Bertz CT molecular complexity index is 498. The lowest BCUT2D eigenvalue weighted by Gasteiger charge is -2.33. The molecule has 1 fully saturated rings. The molecule has 19 heavy (non-hydrogen) atoms. The predicted molar refractivity (Wildman–Crippen MR) is 68.4 cm³/mol. The molecule has 1 aromatic rings. The van der Waals surface area contributed by atoms with E-state index in [-0.39, 0.29) is 12.0 Å². The van der Waals surface area contributed by atoms with E-state index in [0.29, 0.717) is 24.8 Å². The maximum absolute atomic E-state index is 12.0. The van der Waals surface area contributed by atoms with Crippen molar-refractivity contribution >= 4 is 11.9 Å². The standard InChI is InChI=1S/C13H16N4O2/c1-2-19-12(18)11-5-3-4-8-17(11)13-15-7-6-10(9-14)16-13/h6-7,11H,2-5,8H2,1H3. The Hall–Kier alpha value is -2.16. The van der Waals surface area contributed by atoms with Crippen molar-refractivity contribution in [1.29, 1.82) is 5.26 Å². The smallest absolute Gasteiger partial charge is 0.328 e. The van der Waals surface area contributed by atoms with Crippen molar-refractivity contribution in [3.8, 4) is 6.07 Å². The van der Waals surface area contributed by atoms with Crippen molar-refractivity contribution in [1.82, 2.24) is 9.97 Å². The summed E-state index contributed by atoms with van der Waals surface area (Å²) in [4.78, 5) is 22.1. The predicted octanol–water partition coefficient (Wildman–Crippen LogP) is 1.27. The first-order valence-corrected chi connectivity index (χ1v) is 6.42. The number of esters is 1. The first-order chi connectivity index (χ1) is 9.26. The summed E-state index contributed by atoms with van der Waals surface area (Å²) < 4.78 is 5.09. The van der Waals surface area contributed by atoms with Gasteiger partial charge < -0.3 is 9.64 Å². The van der Waals surface area contributed by atoms with Crippen LogP contribution in [0.25, 0.3) is 0 Å². The lowest BCUT2D eigenvalue weighted by Crippen LogP contribution is -2.46. The zero-order chi connectivity index (χ0) is 13.7. The molecule has 1 aliphatic rings. The minimum atomic E-state index is -0.345. The van der Waals surface area contributed by atoms with E-state index in [9.17, 15) is 4.79 Å². The first kappa shape index (κ1) is 13.3. The molecular formula is C13H16N4O2. The fourth-order valence-electron chi connectivity index (χ4n) is 2.20. The topological polar surface area (TPSA) is 79.1 Å². The summed E-state index contributed by atoms with van der Waals surface area (Å²) in [5, 5.41) is 8.87. The highest BCUT2D eigenvalue weighted by molar-refractivity contribution is 5.79. The Morgan fingerprint density at radius 2 is 2.47 bits per heavy atom. The molecular weight excluding hydrogens is 244 g/mol. The van der Waals surface area contributed by atoms with Gasteiger partial charge in [0.05, 0.1) is 6.61 Å². The molecule has 0 aliphatic carbocycles. The van der Waals surface area contributed by atoms with Crippen LogP contribution in [0.4, 0.5) is 5.95 Å². The first-order valence-electron chi connectivity index (χ1n) is 6.42. The van der Waals surface area contributed by atoms with Gasteiger partial charge in [0.1, 0.15) is 17.8 Å². The van der Waals surface area contributed by atoms with Crippen molar-refractivity contribution in [3.63, 3.8) is 0 Å². The second-order valence-electron chi connectivity index (χ2n) is 4.31. The molecule has 6 heteroatoms. The molecule has 1 saturated heterocycles. The second kappa shape index (κ2) is 6.14. The number of carbonyl (C=O) groups excluding carboxylic acids is 1. The van der Waals surface area contributed by atoms with E-state index >= 15 is 0 Å². The SMILES string of the molecule is CCOC(=O)C1CCCCN1c1nccc(C#N)n1. The van der Waals surface area contributed by atoms with Gasteiger partial charge in [-0.25, -0.2) is 14.8 Å². The van der Waals surface area contributed by atoms with E-state index in [2.05, 4.69) is 9.97 Å². The number of piperidine rings is 1. The van der Waals surface area contributed by atoms with Gasteiger partial charge in [-0.3, -0.25) is 0 Å². The fourth-order valence-corrected chi connectivity index (χ4v) is 2.20. The average molecular weight is 260 g/mol. The molecule has 0 amide bonds. The van der Waals surface area contributed by atoms with Gasteiger partial charge in [-0.1, -0.05) is 0 Å². The maximum Gasteiger partial charge on any atom is 0.328 e. The van der Waals surface area contributed by atoms with Gasteiger partial charge >= 0.3 is 5.97 Å². The molecule has 2 rings (SSSR count). The maximum atomic E-state index is 12.0. The van der Waals surface area contributed by atoms with Crippen LogP contribution in [0.1, 0.15) is 31.9 Å². The van der Waals surface area contributed by atoms with Crippen molar-refractivity contribution in [2.24, 2.45) is 0 Å². The molecule has 1 unspecified atom stereocenters. The summed E-state index contributed by atoms with van der Waals surface area (Å²) in [6, 6.07) is 3.19. The second-order valence-corrected chi connectivity index (χ2v) is 4.31. The Morgan fingerprint density at radius 3 is 3.21 bits per heavy atom. The summed E-state index contributed by atoms with van der Waals surface area (Å²) in [5.74, 6) is 0.185. The van der Waals surface area contributed by atoms with E-state index in [1.54, 1.807) is 13.0 Å². The minimum Gasteiger partial charge on any atom is -0.464 e. The van der Waals surface area contributed by atoms with Crippen molar-refractivity contribution in [3.05, 3.63) is 18.0 Å². The van der Waals surface area contributed by atoms with Crippen LogP contribution in [-0.4, -0.2) is 35.1 Å². The van der Waals surface area contributed by atoms with Crippen LogP contribution < -0.4 is 4.90 Å². The molecule has 0 aromatic carbocycles. The Labute approximate surface area is 112 Å². The van der Waals surface area contributed by atoms with E-state index in [1.807, 2.05) is 11.0 Å². The largest absolute Gasteiger partial charge is 0.464 e. The third-order valence-corrected chi connectivity index (χ3v) is 3.08. The molecule has 0 spiro atoms. The van der Waals surface area contributed by atoms with E-state index in [1.165, 1.54) is 6.20 Å². The summed E-state index contributed by atoms with van der Waals surface area (Å²) >= 11 is 0. The monoisotopic (exact) mass is 260 g/mol. The molecule has 1 aliphatic heterocycles. The molecule has 1 atom stereocenters. The number of rotatable bonds is 3. The number of hydrogen-bond acceptors (Lipinski definition) is 6. The van der Waals surface area contributed by atoms with Gasteiger partial charge in [-0.15, -0.1) is 0 Å².